The van der Waals surface area contributed by atoms with Gasteiger partial charge in [0.15, 0.2) is 6.23 Å². The topological polar surface area (TPSA) is 124 Å². The molecule has 226 valence electrons. The van der Waals surface area contributed by atoms with Crippen LogP contribution >= 0.6 is 11.6 Å². The molecule has 0 saturated carbocycles. The second kappa shape index (κ2) is 12.3. The molecular formula is C30H31ClF2N6O4. The second-order valence-electron chi connectivity index (χ2n) is 10.8. The van der Waals surface area contributed by atoms with Crippen molar-refractivity contribution in [2.75, 3.05) is 13.1 Å². The van der Waals surface area contributed by atoms with E-state index in [0.29, 0.717) is 24.2 Å². The van der Waals surface area contributed by atoms with Crippen LogP contribution in [0.3, 0.4) is 0 Å². The van der Waals surface area contributed by atoms with Gasteiger partial charge in [-0.25, -0.2) is 0 Å². The van der Waals surface area contributed by atoms with Crippen molar-refractivity contribution >= 4 is 23.4 Å². The number of nitrogens with zero attached hydrogens (tertiary/aromatic N) is 5. The first kappa shape index (κ1) is 30.4. The summed E-state index contributed by atoms with van der Waals surface area (Å²) < 4.78 is 31.5. The maximum atomic E-state index is 13.6. The Morgan fingerprint density at radius 1 is 1.26 bits per heavy atom. The smallest absolute Gasteiger partial charge is 0.387 e. The van der Waals surface area contributed by atoms with Gasteiger partial charge in [-0.15, -0.1) is 0 Å². The average Bonchev–Trinajstić information content (AvgIpc) is 3.34. The fraction of sp³-hybridized carbons (Fsp3) is 0.400. The van der Waals surface area contributed by atoms with Crippen LogP contribution in [0.5, 0.6) is 5.75 Å². The fourth-order valence-electron chi connectivity index (χ4n) is 5.80. The normalized spacial score (nSPS) is 20.6. The number of halogens is 3. The van der Waals surface area contributed by atoms with Crippen molar-refractivity contribution in [2.45, 2.75) is 64.7 Å². The number of carbonyl (C=O) groups is 2. The highest BCUT2D eigenvalue weighted by Gasteiger charge is 2.42. The van der Waals surface area contributed by atoms with E-state index in [1.807, 2.05) is 24.8 Å². The Morgan fingerprint density at radius 3 is 2.63 bits per heavy atom. The van der Waals surface area contributed by atoms with Gasteiger partial charge < -0.3 is 20.1 Å². The van der Waals surface area contributed by atoms with Crippen molar-refractivity contribution in [1.82, 2.24) is 24.9 Å². The summed E-state index contributed by atoms with van der Waals surface area (Å²) in [4.78, 5) is 29.0. The molecule has 1 unspecified atom stereocenters. The molecule has 2 aliphatic rings. The van der Waals surface area contributed by atoms with Gasteiger partial charge in [0.1, 0.15) is 11.8 Å². The molecule has 0 radical (unpaired) electrons. The number of ether oxygens (including phenoxy) is 1. The lowest BCUT2D eigenvalue weighted by Gasteiger charge is -2.42. The minimum Gasteiger partial charge on any atom is -0.435 e. The molecule has 2 amide bonds. The van der Waals surface area contributed by atoms with Crippen LogP contribution in [0.1, 0.15) is 77.5 Å². The van der Waals surface area contributed by atoms with Gasteiger partial charge in [-0.05, 0) is 49.7 Å². The first-order valence-corrected chi connectivity index (χ1v) is 14.2. The third-order valence-electron chi connectivity index (χ3n) is 8.07. The molecule has 0 saturated heterocycles. The van der Waals surface area contributed by atoms with E-state index in [9.17, 15) is 28.7 Å². The van der Waals surface area contributed by atoms with Crippen LogP contribution in [0.4, 0.5) is 8.78 Å². The standard InChI is InChI=1S/C30H31ClF2N6O4/c1-16-10-26-24(15-37(16)28(41)20-6-9-25(31)21(11-20)12-34)27-29(42)38(14-22(39(27)36-26)13-35-18(3)40)17(2)19-4-7-23(8-5-19)43-30(32)33/h4-9,11,16-17,22,29-30,42H,10,13-15H2,1-3H3,(H,35,40)/t16-,17-,22-,29?/m1/s1. The maximum Gasteiger partial charge on any atom is 0.387 e. The van der Waals surface area contributed by atoms with E-state index in [0.717, 1.165) is 16.8 Å². The number of alkyl halides is 2. The molecule has 4 atom stereocenters. The fourth-order valence-corrected chi connectivity index (χ4v) is 5.96. The van der Waals surface area contributed by atoms with E-state index in [-0.39, 0.29) is 59.4 Å². The molecule has 2 aliphatic heterocycles. The highest BCUT2D eigenvalue weighted by molar-refractivity contribution is 6.31. The number of carbonyl (C=O) groups excluding carboxylic acids is 2. The van der Waals surface area contributed by atoms with Crippen LogP contribution < -0.4 is 10.1 Å². The van der Waals surface area contributed by atoms with Crippen LogP contribution in [0.15, 0.2) is 42.5 Å². The van der Waals surface area contributed by atoms with Crippen LogP contribution in [0, 0.1) is 11.3 Å². The Labute approximate surface area is 252 Å². The summed E-state index contributed by atoms with van der Waals surface area (Å²) in [6, 6.07) is 11.9. The van der Waals surface area contributed by atoms with Gasteiger partial charge in [-0.3, -0.25) is 19.2 Å². The number of aromatic nitrogens is 2. The minimum atomic E-state index is -2.93. The van der Waals surface area contributed by atoms with E-state index < -0.39 is 12.8 Å². The number of hydrogen-bond donors (Lipinski definition) is 2. The molecular weight excluding hydrogens is 582 g/mol. The molecule has 43 heavy (non-hydrogen) atoms. The predicted octanol–water partition coefficient (Wildman–Crippen LogP) is 4.34. The number of benzene rings is 2. The van der Waals surface area contributed by atoms with Crippen LogP contribution in [0.25, 0.3) is 0 Å². The Bertz CT molecular complexity index is 1570. The van der Waals surface area contributed by atoms with E-state index >= 15 is 0 Å². The Hall–Kier alpha value is -4.05. The zero-order valence-corrected chi connectivity index (χ0v) is 24.6. The monoisotopic (exact) mass is 612 g/mol. The lowest BCUT2D eigenvalue weighted by atomic mass is 9.96. The molecule has 0 fully saturated rings. The highest BCUT2D eigenvalue weighted by Crippen LogP contribution is 2.40. The summed E-state index contributed by atoms with van der Waals surface area (Å²) in [7, 11) is 0. The molecule has 5 rings (SSSR count). The summed E-state index contributed by atoms with van der Waals surface area (Å²) in [5, 5.41) is 29.1. The van der Waals surface area contributed by atoms with Crippen LogP contribution in [0.2, 0.25) is 5.02 Å². The average molecular weight is 613 g/mol. The van der Waals surface area contributed by atoms with Crippen molar-refractivity contribution in [3.63, 3.8) is 0 Å². The molecule has 1 aromatic heterocycles. The van der Waals surface area contributed by atoms with E-state index in [4.69, 9.17) is 16.7 Å². The molecule has 2 aromatic carbocycles. The quantitative estimate of drug-likeness (QED) is 0.407. The lowest BCUT2D eigenvalue weighted by Crippen LogP contribution is -2.47. The summed E-state index contributed by atoms with van der Waals surface area (Å²) in [5.41, 5.74) is 3.31. The summed E-state index contributed by atoms with van der Waals surface area (Å²) in [6.45, 7) is 3.09. The third kappa shape index (κ3) is 6.06. The van der Waals surface area contributed by atoms with Gasteiger partial charge in [0, 0.05) is 49.6 Å². The van der Waals surface area contributed by atoms with Gasteiger partial charge in [0.2, 0.25) is 5.91 Å². The molecule has 10 nitrogen and oxygen atoms in total. The predicted molar refractivity (Wildman–Crippen MR) is 152 cm³/mol. The van der Waals surface area contributed by atoms with Crippen molar-refractivity contribution in [2.24, 2.45) is 0 Å². The SMILES string of the molecule is CC(=O)NC[C@@H]1CN([C@H](C)c2ccc(OC(F)F)cc2)C(O)c2c3c(nn21)C[C@@H](C)N(C(=O)c1ccc(Cl)c(C#N)c1)C3. The summed E-state index contributed by atoms with van der Waals surface area (Å²) in [5.74, 6) is -0.450. The first-order valence-electron chi connectivity index (χ1n) is 13.8. The maximum absolute atomic E-state index is 13.6. The molecule has 2 N–H and O–H groups in total. The van der Waals surface area contributed by atoms with Gasteiger partial charge in [0.25, 0.3) is 5.91 Å². The van der Waals surface area contributed by atoms with Crippen molar-refractivity contribution < 1.29 is 28.2 Å². The molecule has 3 aromatic rings. The molecule has 13 heteroatoms. The summed E-state index contributed by atoms with van der Waals surface area (Å²) in [6.07, 6.45) is -0.663. The molecule has 3 heterocycles. The van der Waals surface area contributed by atoms with E-state index in [1.54, 1.807) is 27.8 Å². The second-order valence-corrected chi connectivity index (χ2v) is 11.2. The lowest BCUT2D eigenvalue weighted by molar-refractivity contribution is -0.119. The Kier molecular flexibility index (Phi) is 8.69. The Morgan fingerprint density at radius 2 is 1.98 bits per heavy atom. The number of nitrogens with one attached hydrogen (secondary N) is 1. The highest BCUT2D eigenvalue weighted by atomic mass is 35.5. The number of hydrogen-bond acceptors (Lipinski definition) is 7. The first-order chi connectivity index (χ1) is 20.5. The Balaban J connectivity index is 1.48. The van der Waals surface area contributed by atoms with Crippen molar-refractivity contribution in [3.05, 3.63) is 81.1 Å². The number of aliphatic hydroxyl groups excluding tert-OH is 1. The van der Waals surface area contributed by atoms with Crippen molar-refractivity contribution in [3.8, 4) is 11.8 Å². The van der Waals surface area contributed by atoms with E-state index in [1.165, 1.54) is 31.2 Å². The molecule has 0 aliphatic carbocycles. The minimum absolute atomic E-state index is 0.0299. The van der Waals surface area contributed by atoms with Crippen LogP contribution in [-0.2, 0) is 17.8 Å². The molecule has 0 bridgehead atoms. The number of aliphatic hydroxyl groups is 1. The molecule has 0 spiro atoms. The van der Waals surface area contributed by atoms with Crippen LogP contribution in [-0.4, -0.2) is 62.2 Å². The van der Waals surface area contributed by atoms with E-state index in [2.05, 4.69) is 10.1 Å². The zero-order valence-electron chi connectivity index (χ0n) is 23.8. The number of rotatable bonds is 7. The largest absolute Gasteiger partial charge is 0.435 e. The number of amides is 2. The third-order valence-corrected chi connectivity index (χ3v) is 8.40. The van der Waals surface area contributed by atoms with Crippen molar-refractivity contribution in [1.29, 1.82) is 5.26 Å². The zero-order chi connectivity index (χ0) is 31.0. The summed E-state index contributed by atoms with van der Waals surface area (Å²) >= 11 is 6.08. The van der Waals surface area contributed by atoms with Gasteiger partial charge >= 0.3 is 6.61 Å². The number of fused-ring (bicyclic) bond motifs is 3. The van der Waals surface area contributed by atoms with Gasteiger partial charge in [0.05, 0.1) is 34.6 Å². The van der Waals surface area contributed by atoms with Gasteiger partial charge in [-0.1, -0.05) is 23.7 Å². The number of nitriles is 1. The van der Waals surface area contributed by atoms with Gasteiger partial charge in [-0.2, -0.15) is 19.1 Å².